The van der Waals surface area contributed by atoms with Gasteiger partial charge < -0.3 is 25.8 Å². The first-order valence-corrected chi connectivity index (χ1v) is 28.3. The molecule has 9 aromatic rings. The maximum absolute atomic E-state index is 11.8. The van der Waals surface area contributed by atoms with Gasteiger partial charge in [-0.3, -0.25) is 10.0 Å². The number of nitrogens with two attached hydrogens (primary N) is 1. The van der Waals surface area contributed by atoms with Crippen LogP contribution in [0, 0.1) is 0 Å². The van der Waals surface area contributed by atoms with Gasteiger partial charge in [0.25, 0.3) is 5.91 Å². The molecule has 3 aliphatic carbocycles. The van der Waals surface area contributed by atoms with E-state index in [9.17, 15) is 14.4 Å². The molecule has 3 aromatic heterocycles. The predicted molar refractivity (Wildman–Crippen MR) is 319 cm³/mol. The standard InChI is InChI=1S/C22H21N3O2.C20H18N4O2.C15H15N.C8H10N2O4S/c1-2-27-21(26)17-13-23-22(24-14-17)25-20-18-9-5-3-7-15(18)11-12-16-8-4-6-10-19(16)20;25-19(24-26)15-11-21-20(22-12-15)23-18-16-7-3-1-5-13(16)9-10-14-6-2-4-8-17(14)18;16-15-13-7-3-1-5-11(13)9-10-12-6-2-4-8-14(12)15;1-3-13-7(11)6-4-9-8(10-5-6)15-14-12-2/h3-10,13-14,20H,2,11-12H2,1H3,(H,23,24,25);1-8,11-12,18,26H,9-10H2,(H,24,25)(H,21,22,23);1-8,15H,9-10,16H2;4-5H,3H2,1-2H3. The maximum atomic E-state index is 11.8. The Labute approximate surface area is 491 Å². The van der Waals surface area contributed by atoms with E-state index < -0.39 is 17.8 Å². The van der Waals surface area contributed by atoms with Gasteiger partial charge in [-0.15, -0.1) is 0 Å². The van der Waals surface area contributed by atoms with Crippen LogP contribution in [0.5, 0.6) is 0 Å². The lowest BCUT2D eigenvalue weighted by molar-refractivity contribution is -0.160. The molecular formula is C65H64N10O8S. The van der Waals surface area contributed by atoms with Gasteiger partial charge in [-0.2, -0.15) is 4.33 Å². The monoisotopic (exact) mass is 1140 g/mol. The van der Waals surface area contributed by atoms with E-state index in [0.717, 1.165) is 50.6 Å². The number of anilines is 2. The Bertz CT molecular complexity index is 3510. The number of hydrogen-bond acceptors (Lipinski definition) is 18. The number of nitrogens with one attached hydrogen (secondary N) is 3. The molecule has 0 aliphatic heterocycles. The normalized spacial score (nSPS) is 13.0. The Balaban J connectivity index is 0.000000139. The second kappa shape index (κ2) is 29.7. The molecule has 3 heterocycles. The van der Waals surface area contributed by atoms with Crippen LogP contribution in [0.1, 0.15) is 130 Å². The second-order valence-electron chi connectivity index (χ2n) is 19.4. The van der Waals surface area contributed by atoms with Crippen molar-refractivity contribution in [2.75, 3.05) is 31.0 Å². The molecule has 428 valence electrons. The number of aryl methyl sites for hydroxylation is 6. The number of ether oxygens (including phenoxy) is 2. The zero-order valence-corrected chi connectivity index (χ0v) is 47.5. The minimum atomic E-state index is -0.637. The zero-order chi connectivity index (χ0) is 58.6. The predicted octanol–water partition coefficient (Wildman–Crippen LogP) is 10.9. The summed E-state index contributed by atoms with van der Waals surface area (Å²) in [4.78, 5) is 63.6. The van der Waals surface area contributed by atoms with Crippen molar-refractivity contribution in [3.8, 4) is 0 Å². The third-order valence-corrected chi connectivity index (χ3v) is 14.8. The SMILES string of the molecule is CCOC(=O)c1cnc(NC2c3ccccc3CCc3ccccc32)nc1.CCOC(=O)c1cnc(SOOC)nc1.NC1c2ccccc2CCc2ccccc21.O=C(NO)c1cnc(NC2c3ccccc3CCc3ccccc32)nc1. The molecular weight excluding hydrogens is 1080 g/mol. The lowest BCUT2D eigenvalue weighted by Crippen LogP contribution is -2.20. The smallest absolute Gasteiger partial charge is 0.341 e. The largest absolute Gasteiger partial charge is 0.462 e. The Hall–Kier alpha value is -9.24. The summed E-state index contributed by atoms with van der Waals surface area (Å²) in [6.45, 7) is 4.15. The Morgan fingerprint density at radius 3 is 1.10 bits per heavy atom. The van der Waals surface area contributed by atoms with Crippen molar-refractivity contribution in [2.24, 2.45) is 5.73 Å². The van der Waals surface area contributed by atoms with Gasteiger partial charge in [0.15, 0.2) is 0 Å². The van der Waals surface area contributed by atoms with Crippen molar-refractivity contribution in [3.05, 3.63) is 266 Å². The molecule has 0 bridgehead atoms. The van der Waals surface area contributed by atoms with Crippen molar-refractivity contribution in [1.82, 2.24) is 35.4 Å². The Morgan fingerprint density at radius 1 is 0.476 bits per heavy atom. The molecule has 3 aliphatic rings. The van der Waals surface area contributed by atoms with Gasteiger partial charge in [0.2, 0.25) is 17.1 Å². The molecule has 0 radical (unpaired) electrons. The number of rotatable bonds is 12. The second-order valence-corrected chi connectivity index (χ2v) is 20.0. The van der Waals surface area contributed by atoms with Crippen molar-refractivity contribution >= 4 is 41.8 Å². The summed E-state index contributed by atoms with van der Waals surface area (Å²) in [5, 5.41) is 15.9. The third kappa shape index (κ3) is 15.1. The minimum Gasteiger partial charge on any atom is -0.462 e. The van der Waals surface area contributed by atoms with Crippen LogP contribution in [0.15, 0.2) is 188 Å². The summed E-state index contributed by atoms with van der Waals surface area (Å²) in [5.41, 5.74) is 24.3. The molecule has 0 saturated heterocycles. The van der Waals surface area contributed by atoms with Crippen LogP contribution in [-0.2, 0) is 57.2 Å². The zero-order valence-electron chi connectivity index (χ0n) is 46.7. The molecule has 1 amide bonds. The summed E-state index contributed by atoms with van der Waals surface area (Å²) in [7, 11) is 1.37. The molecule has 0 saturated carbocycles. The summed E-state index contributed by atoms with van der Waals surface area (Å²) in [5.74, 6) is -0.576. The maximum Gasteiger partial charge on any atom is 0.341 e. The van der Waals surface area contributed by atoms with Crippen LogP contribution in [0.3, 0.4) is 0 Å². The number of hydroxylamine groups is 1. The number of esters is 2. The summed E-state index contributed by atoms with van der Waals surface area (Å²) < 4.78 is 14.3. The molecule has 12 rings (SSSR count). The lowest BCUT2D eigenvalue weighted by atomic mass is 9.95. The highest BCUT2D eigenvalue weighted by molar-refractivity contribution is 7.94. The van der Waals surface area contributed by atoms with Gasteiger partial charge in [-0.05, 0) is 119 Å². The van der Waals surface area contributed by atoms with Crippen LogP contribution >= 0.6 is 12.0 Å². The topological polar surface area (TPSA) is 248 Å². The van der Waals surface area contributed by atoms with E-state index in [-0.39, 0.29) is 23.7 Å². The van der Waals surface area contributed by atoms with Crippen molar-refractivity contribution in [1.29, 1.82) is 0 Å². The fourth-order valence-electron chi connectivity index (χ4n) is 10.2. The fourth-order valence-corrected chi connectivity index (χ4v) is 10.6. The number of carbonyl (C=O) groups excluding carboxylic acids is 3. The number of benzene rings is 6. The Kier molecular flexibility index (Phi) is 21.0. The van der Waals surface area contributed by atoms with E-state index in [1.54, 1.807) is 19.3 Å². The molecule has 6 aromatic carbocycles. The molecule has 18 nitrogen and oxygen atoms in total. The number of nitrogens with zero attached hydrogens (tertiary/aromatic N) is 6. The van der Waals surface area contributed by atoms with E-state index in [1.165, 1.54) is 111 Å². The summed E-state index contributed by atoms with van der Waals surface area (Å²) >= 11 is 0.858. The van der Waals surface area contributed by atoms with Gasteiger partial charge >= 0.3 is 11.9 Å². The van der Waals surface area contributed by atoms with Crippen LogP contribution in [0.25, 0.3) is 0 Å². The number of hydrogen-bond donors (Lipinski definition) is 5. The van der Waals surface area contributed by atoms with E-state index in [4.69, 9.17) is 20.4 Å². The summed E-state index contributed by atoms with van der Waals surface area (Å²) in [6, 6.07) is 50.7. The van der Waals surface area contributed by atoms with Crippen molar-refractivity contribution in [3.63, 3.8) is 0 Å². The average Bonchev–Trinajstić information content (AvgIpc) is 4.00. The highest BCUT2D eigenvalue weighted by Gasteiger charge is 2.26. The first-order valence-electron chi connectivity index (χ1n) is 27.5. The van der Waals surface area contributed by atoms with Gasteiger partial charge in [-0.1, -0.05) is 146 Å². The third-order valence-electron chi connectivity index (χ3n) is 14.3. The van der Waals surface area contributed by atoms with Crippen molar-refractivity contribution in [2.45, 2.75) is 75.7 Å². The molecule has 0 atom stereocenters. The quantitative estimate of drug-likeness (QED) is 0.0190. The van der Waals surface area contributed by atoms with E-state index in [0.29, 0.717) is 41.4 Å². The first kappa shape index (κ1) is 59.4. The molecule has 84 heavy (non-hydrogen) atoms. The van der Waals surface area contributed by atoms with E-state index in [1.807, 2.05) is 12.1 Å². The number of aromatic nitrogens is 6. The minimum absolute atomic E-state index is 0.0339. The molecule has 0 unspecified atom stereocenters. The fraction of sp³-hybridized carbons (Fsp3) is 0.215. The van der Waals surface area contributed by atoms with Crippen LogP contribution in [0.4, 0.5) is 11.9 Å². The molecule has 6 N–H and O–H groups in total. The molecule has 0 fully saturated rings. The number of amides is 1. The van der Waals surface area contributed by atoms with Crippen LogP contribution in [0.2, 0.25) is 0 Å². The highest BCUT2D eigenvalue weighted by atomic mass is 32.2. The number of fused-ring (bicyclic) bond motifs is 6. The molecule has 19 heteroatoms. The van der Waals surface area contributed by atoms with Crippen LogP contribution < -0.4 is 21.8 Å². The van der Waals surface area contributed by atoms with Gasteiger partial charge in [0.1, 0.15) is 12.0 Å². The molecule has 0 spiro atoms. The Morgan fingerprint density at radius 2 is 0.774 bits per heavy atom. The van der Waals surface area contributed by atoms with Crippen molar-refractivity contribution < 1.29 is 38.3 Å². The summed E-state index contributed by atoms with van der Waals surface area (Å²) in [6.07, 6.45) is 14.7. The lowest BCUT2D eigenvalue weighted by Gasteiger charge is -2.21. The van der Waals surface area contributed by atoms with Crippen LogP contribution in [-0.4, -0.2) is 73.3 Å². The average molecular weight is 1150 g/mol. The van der Waals surface area contributed by atoms with Gasteiger partial charge in [0.05, 0.1) is 55.1 Å². The van der Waals surface area contributed by atoms with E-state index in [2.05, 4.69) is 183 Å². The number of carbonyl (C=O) groups is 3. The highest BCUT2D eigenvalue weighted by Crippen LogP contribution is 2.36. The first-order chi connectivity index (χ1) is 41.2. The van der Waals surface area contributed by atoms with Gasteiger partial charge in [0, 0.05) is 37.2 Å². The van der Waals surface area contributed by atoms with Gasteiger partial charge in [-0.25, -0.2) is 49.9 Å². The van der Waals surface area contributed by atoms with E-state index >= 15 is 0 Å².